The van der Waals surface area contributed by atoms with Crippen LogP contribution in [0.5, 0.6) is 0 Å². The molecule has 3 nitrogen and oxygen atoms in total. The van der Waals surface area contributed by atoms with E-state index in [2.05, 4.69) is 25.3 Å². The summed E-state index contributed by atoms with van der Waals surface area (Å²) in [6, 6.07) is 3.97. The van der Waals surface area contributed by atoms with Crippen LogP contribution in [0.25, 0.3) is 5.65 Å². The summed E-state index contributed by atoms with van der Waals surface area (Å²) >= 11 is 3.45. The number of fused-ring (bicyclic) bond motifs is 1. The summed E-state index contributed by atoms with van der Waals surface area (Å²) in [5.41, 5.74) is 7.60. The summed E-state index contributed by atoms with van der Waals surface area (Å²) in [7, 11) is 0. The molecule has 0 saturated heterocycles. The number of nitrogens with zero attached hydrogens (tertiary/aromatic N) is 2. The molecule has 0 aromatic carbocycles. The summed E-state index contributed by atoms with van der Waals surface area (Å²) in [6.07, 6.45) is 4.72. The maximum atomic E-state index is 5.50. The Balaban J connectivity index is 2.61. The smallest absolute Gasteiger partial charge is 0.151 e. The standard InChI is InChI=1S/C9H10BrN3/c10-8-2-1-5-13-7(3-4-11)6-12-9(8)13/h1-2,5-6H,3-4,11H2. The van der Waals surface area contributed by atoms with Crippen LogP contribution in [0.4, 0.5) is 0 Å². The largest absolute Gasteiger partial charge is 0.330 e. The number of hydrogen-bond acceptors (Lipinski definition) is 2. The van der Waals surface area contributed by atoms with Crippen LogP contribution in [-0.2, 0) is 6.42 Å². The van der Waals surface area contributed by atoms with E-state index in [1.807, 2.05) is 24.5 Å². The van der Waals surface area contributed by atoms with Crippen molar-refractivity contribution >= 4 is 21.6 Å². The molecule has 2 aromatic rings. The van der Waals surface area contributed by atoms with Gasteiger partial charge in [0.2, 0.25) is 0 Å². The Morgan fingerprint density at radius 2 is 2.38 bits per heavy atom. The van der Waals surface area contributed by atoms with E-state index in [9.17, 15) is 0 Å². The lowest BCUT2D eigenvalue weighted by Gasteiger charge is -1.99. The van der Waals surface area contributed by atoms with Crippen LogP contribution in [0.3, 0.4) is 0 Å². The molecule has 0 aliphatic rings. The first-order chi connectivity index (χ1) is 6.33. The molecule has 0 amide bonds. The zero-order valence-corrected chi connectivity index (χ0v) is 8.66. The SMILES string of the molecule is NCCc1cnc2c(Br)cccn12. The van der Waals surface area contributed by atoms with Crippen LogP contribution in [0.2, 0.25) is 0 Å². The molecule has 4 heteroatoms. The van der Waals surface area contributed by atoms with Gasteiger partial charge >= 0.3 is 0 Å². The van der Waals surface area contributed by atoms with Gasteiger partial charge in [0.25, 0.3) is 0 Å². The van der Waals surface area contributed by atoms with E-state index >= 15 is 0 Å². The van der Waals surface area contributed by atoms with Gasteiger partial charge in [-0.25, -0.2) is 4.98 Å². The molecule has 0 bridgehead atoms. The van der Waals surface area contributed by atoms with Crippen molar-refractivity contribution in [2.45, 2.75) is 6.42 Å². The molecule has 0 fully saturated rings. The topological polar surface area (TPSA) is 43.3 Å². The van der Waals surface area contributed by atoms with Crippen molar-refractivity contribution in [1.82, 2.24) is 9.38 Å². The van der Waals surface area contributed by atoms with E-state index in [1.54, 1.807) is 0 Å². The molecule has 0 radical (unpaired) electrons. The highest BCUT2D eigenvalue weighted by molar-refractivity contribution is 9.10. The van der Waals surface area contributed by atoms with Gasteiger partial charge < -0.3 is 10.1 Å². The molecule has 0 spiro atoms. The second kappa shape index (κ2) is 3.47. The fourth-order valence-electron chi connectivity index (χ4n) is 1.36. The average Bonchev–Trinajstić information content (AvgIpc) is 2.51. The highest BCUT2D eigenvalue weighted by Crippen LogP contribution is 2.17. The van der Waals surface area contributed by atoms with Crippen LogP contribution >= 0.6 is 15.9 Å². The van der Waals surface area contributed by atoms with Crippen molar-refractivity contribution in [1.29, 1.82) is 0 Å². The molecule has 0 unspecified atom stereocenters. The third-order valence-electron chi connectivity index (χ3n) is 1.97. The Labute approximate surface area is 84.7 Å². The average molecular weight is 240 g/mol. The molecule has 0 atom stereocenters. The lowest BCUT2D eigenvalue weighted by atomic mass is 10.3. The molecule has 2 N–H and O–H groups in total. The molecule has 68 valence electrons. The zero-order chi connectivity index (χ0) is 9.26. The number of pyridine rings is 1. The molecule has 0 aliphatic carbocycles. The number of halogens is 1. The van der Waals surface area contributed by atoms with Gasteiger partial charge in [-0.3, -0.25) is 0 Å². The Hall–Kier alpha value is -0.870. The molecule has 0 aliphatic heterocycles. The predicted molar refractivity (Wildman–Crippen MR) is 55.7 cm³/mol. The Morgan fingerprint density at radius 1 is 1.54 bits per heavy atom. The minimum atomic E-state index is 0.653. The monoisotopic (exact) mass is 239 g/mol. The second-order valence-electron chi connectivity index (χ2n) is 2.84. The van der Waals surface area contributed by atoms with Crippen molar-refractivity contribution in [3.05, 3.63) is 34.7 Å². The molecular weight excluding hydrogens is 230 g/mol. The normalized spacial score (nSPS) is 10.9. The van der Waals surface area contributed by atoms with Crippen LogP contribution in [0.1, 0.15) is 5.69 Å². The Bertz CT molecular complexity index is 422. The molecular formula is C9H10BrN3. The van der Waals surface area contributed by atoms with E-state index in [-0.39, 0.29) is 0 Å². The Kier molecular flexibility index (Phi) is 2.33. The van der Waals surface area contributed by atoms with Crippen molar-refractivity contribution in [3.63, 3.8) is 0 Å². The van der Waals surface area contributed by atoms with Gasteiger partial charge in [0.1, 0.15) is 0 Å². The summed E-state index contributed by atoms with van der Waals surface area (Å²) in [6.45, 7) is 0.653. The highest BCUT2D eigenvalue weighted by atomic mass is 79.9. The fourth-order valence-corrected chi connectivity index (χ4v) is 1.81. The van der Waals surface area contributed by atoms with E-state index in [0.717, 1.165) is 22.2 Å². The molecule has 2 aromatic heterocycles. The van der Waals surface area contributed by atoms with Crippen molar-refractivity contribution in [2.75, 3.05) is 6.54 Å². The number of aromatic nitrogens is 2. The van der Waals surface area contributed by atoms with Gasteiger partial charge in [-0.05, 0) is 34.6 Å². The summed E-state index contributed by atoms with van der Waals surface area (Å²) in [4.78, 5) is 4.30. The first kappa shape index (κ1) is 8.72. The van der Waals surface area contributed by atoms with Crippen molar-refractivity contribution in [3.8, 4) is 0 Å². The number of rotatable bonds is 2. The van der Waals surface area contributed by atoms with E-state index in [0.29, 0.717) is 6.54 Å². The van der Waals surface area contributed by atoms with Crippen LogP contribution in [0, 0.1) is 0 Å². The zero-order valence-electron chi connectivity index (χ0n) is 7.07. The summed E-state index contributed by atoms with van der Waals surface area (Å²) in [5.74, 6) is 0. The van der Waals surface area contributed by atoms with Gasteiger partial charge in [-0.2, -0.15) is 0 Å². The number of hydrogen-bond donors (Lipinski definition) is 1. The molecule has 0 saturated carbocycles. The maximum Gasteiger partial charge on any atom is 0.151 e. The van der Waals surface area contributed by atoms with E-state index in [1.165, 1.54) is 0 Å². The van der Waals surface area contributed by atoms with Crippen molar-refractivity contribution in [2.24, 2.45) is 5.73 Å². The molecule has 2 heterocycles. The first-order valence-electron chi connectivity index (χ1n) is 4.13. The van der Waals surface area contributed by atoms with Crippen molar-refractivity contribution < 1.29 is 0 Å². The minimum absolute atomic E-state index is 0.653. The van der Waals surface area contributed by atoms with Crippen LogP contribution in [0.15, 0.2) is 29.0 Å². The lowest BCUT2D eigenvalue weighted by Crippen LogP contribution is -2.04. The van der Waals surface area contributed by atoms with Crippen LogP contribution in [-0.4, -0.2) is 15.9 Å². The molecule has 13 heavy (non-hydrogen) atoms. The number of nitrogens with two attached hydrogens (primary N) is 1. The Morgan fingerprint density at radius 3 is 3.15 bits per heavy atom. The first-order valence-corrected chi connectivity index (χ1v) is 4.93. The third-order valence-corrected chi connectivity index (χ3v) is 2.58. The van der Waals surface area contributed by atoms with Gasteiger partial charge in [0.05, 0.1) is 4.47 Å². The third kappa shape index (κ3) is 1.47. The van der Waals surface area contributed by atoms with E-state index < -0.39 is 0 Å². The van der Waals surface area contributed by atoms with E-state index in [4.69, 9.17) is 5.73 Å². The fraction of sp³-hybridized carbons (Fsp3) is 0.222. The summed E-state index contributed by atoms with van der Waals surface area (Å²) < 4.78 is 3.06. The van der Waals surface area contributed by atoms with Gasteiger partial charge in [0, 0.05) is 24.5 Å². The minimum Gasteiger partial charge on any atom is -0.330 e. The van der Waals surface area contributed by atoms with Gasteiger partial charge in [-0.1, -0.05) is 0 Å². The second-order valence-corrected chi connectivity index (χ2v) is 3.69. The number of imidazole rings is 1. The van der Waals surface area contributed by atoms with Gasteiger partial charge in [-0.15, -0.1) is 0 Å². The predicted octanol–water partition coefficient (Wildman–Crippen LogP) is 1.60. The van der Waals surface area contributed by atoms with Crippen LogP contribution < -0.4 is 5.73 Å². The lowest BCUT2D eigenvalue weighted by molar-refractivity contribution is 0.904. The summed E-state index contributed by atoms with van der Waals surface area (Å²) in [5, 5.41) is 0. The molecule has 2 rings (SSSR count). The maximum absolute atomic E-state index is 5.50. The quantitative estimate of drug-likeness (QED) is 0.866. The van der Waals surface area contributed by atoms with Gasteiger partial charge in [0.15, 0.2) is 5.65 Å². The highest BCUT2D eigenvalue weighted by Gasteiger charge is 2.03.